The highest BCUT2D eigenvalue weighted by Gasteiger charge is 2.17. The number of anilines is 1. The van der Waals surface area contributed by atoms with E-state index in [-0.39, 0.29) is 6.10 Å². The number of para-hydroxylation sites is 3. The zero-order valence-corrected chi connectivity index (χ0v) is 15.1. The highest BCUT2D eigenvalue weighted by atomic mass is 16.5. The summed E-state index contributed by atoms with van der Waals surface area (Å²) in [5.41, 5.74) is 9.15. The van der Waals surface area contributed by atoms with Crippen LogP contribution in [0.2, 0.25) is 0 Å². The van der Waals surface area contributed by atoms with Crippen molar-refractivity contribution in [1.29, 1.82) is 0 Å². The number of benzene rings is 2. The van der Waals surface area contributed by atoms with Gasteiger partial charge in [0.1, 0.15) is 24.7 Å². The lowest BCUT2D eigenvalue weighted by atomic mass is 10.1. The fraction of sp³-hybridized carbons (Fsp3) is 0.286. The van der Waals surface area contributed by atoms with Crippen molar-refractivity contribution in [2.45, 2.75) is 25.6 Å². The molecule has 1 aliphatic rings. The lowest BCUT2D eigenvalue weighted by Crippen LogP contribution is -2.16. The van der Waals surface area contributed by atoms with Crippen LogP contribution in [0.5, 0.6) is 11.5 Å². The van der Waals surface area contributed by atoms with Gasteiger partial charge < -0.3 is 19.9 Å². The maximum atomic E-state index is 6.00. The van der Waals surface area contributed by atoms with Crippen molar-refractivity contribution >= 4 is 5.69 Å². The number of hydrogen-bond acceptors (Lipinski definition) is 5. The minimum absolute atomic E-state index is 0.178. The number of nitrogens with zero attached hydrogens (tertiary/aromatic N) is 1. The number of H-pyrrole nitrogens is 1. The Morgan fingerprint density at radius 3 is 2.70 bits per heavy atom. The molecule has 6 nitrogen and oxygen atoms in total. The van der Waals surface area contributed by atoms with Crippen LogP contribution in [0, 0.1) is 0 Å². The van der Waals surface area contributed by atoms with Crippen molar-refractivity contribution in [2.75, 3.05) is 18.9 Å². The standard InChI is InChI=1S/C21H23N3O3/c22-18-8-2-4-10-21(18)26-13-15-12-19(24-23-15)17-7-1-3-9-20(17)27-14-16-6-5-11-25-16/h1-4,7-10,12,16H,5-6,11,13-14,22H2,(H,23,24). The van der Waals surface area contributed by atoms with Crippen molar-refractivity contribution in [3.05, 3.63) is 60.3 Å². The summed E-state index contributed by atoms with van der Waals surface area (Å²) in [6.07, 6.45) is 2.33. The van der Waals surface area contributed by atoms with E-state index in [1.165, 1.54) is 0 Å². The average Bonchev–Trinajstić information content (AvgIpc) is 3.38. The lowest BCUT2D eigenvalue weighted by Gasteiger charge is -2.13. The van der Waals surface area contributed by atoms with Gasteiger partial charge in [0.2, 0.25) is 0 Å². The molecule has 0 amide bonds. The molecule has 0 bridgehead atoms. The zero-order valence-electron chi connectivity index (χ0n) is 15.1. The normalized spacial score (nSPS) is 16.4. The summed E-state index contributed by atoms with van der Waals surface area (Å²) >= 11 is 0. The van der Waals surface area contributed by atoms with Crippen LogP contribution in [-0.4, -0.2) is 29.5 Å². The predicted molar refractivity (Wildman–Crippen MR) is 104 cm³/mol. The molecule has 0 radical (unpaired) electrons. The molecule has 0 aliphatic carbocycles. The first-order valence-corrected chi connectivity index (χ1v) is 9.15. The van der Waals surface area contributed by atoms with Crippen LogP contribution >= 0.6 is 0 Å². The number of hydrogen-bond donors (Lipinski definition) is 2. The fourth-order valence-corrected chi connectivity index (χ4v) is 3.10. The molecule has 1 aliphatic heterocycles. The van der Waals surface area contributed by atoms with Gasteiger partial charge >= 0.3 is 0 Å². The van der Waals surface area contributed by atoms with E-state index in [9.17, 15) is 0 Å². The van der Waals surface area contributed by atoms with Gasteiger partial charge in [-0.05, 0) is 43.2 Å². The van der Waals surface area contributed by atoms with Crippen molar-refractivity contribution < 1.29 is 14.2 Å². The second kappa shape index (κ2) is 8.14. The van der Waals surface area contributed by atoms with Crippen molar-refractivity contribution in [3.63, 3.8) is 0 Å². The van der Waals surface area contributed by atoms with E-state index in [1.807, 2.05) is 54.6 Å². The van der Waals surface area contributed by atoms with Gasteiger partial charge in [-0.3, -0.25) is 5.10 Å². The molecular weight excluding hydrogens is 342 g/mol. The molecule has 1 unspecified atom stereocenters. The van der Waals surface area contributed by atoms with Crippen LogP contribution in [0.25, 0.3) is 11.3 Å². The summed E-state index contributed by atoms with van der Waals surface area (Å²) < 4.78 is 17.4. The monoisotopic (exact) mass is 365 g/mol. The Bertz CT molecular complexity index is 888. The van der Waals surface area contributed by atoms with Crippen LogP contribution < -0.4 is 15.2 Å². The predicted octanol–water partition coefficient (Wildman–Crippen LogP) is 3.80. The van der Waals surface area contributed by atoms with Gasteiger partial charge in [-0.25, -0.2) is 0 Å². The third-order valence-corrected chi connectivity index (χ3v) is 4.54. The topological polar surface area (TPSA) is 82.4 Å². The van der Waals surface area contributed by atoms with Gasteiger partial charge in [-0.15, -0.1) is 0 Å². The molecule has 3 N–H and O–H groups in total. The molecule has 2 aromatic carbocycles. The zero-order chi connectivity index (χ0) is 18.5. The molecule has 2 heterocycles. The number of aromatic amines is 1. The van der Waals surface area contributed by atoms with Crippen molar-refractivity contribution in [3.8, 4) is 22.8 Å². The van der Waals surface area contributed by atoms with Crippen LogP contribution in [0.3, 0.4) is 0 Å². The fourth-order valence-electron chi connectivity index (χ4n) is 3.10. The Hall–Kier alpha value is -2.99. The smallest absolute Gasteiger partial charge is 0.142 e. The molecule has 140 valence electrons. The Morgan fingerprint density at radius 2 is 1.89 bits per heavy atom. The minimum atomic E-state index is 0.178. The maximum absolute atomic E-state index is 6.00. The van der Waals surface area contributed by atoms with Gasteiger partial charge in [0, 0.05) is 12.2 Å². The molecule has 1 aromatic heterocycles. The third kappa shape index (κ3) is 4.23. The molecule has 1 fully saturated rings. The SMILES string of the molecule is Nc1ccccc1OCc1cc(-c2ccccc2OCC2CCCO2)n[nH]1. The maximum Gasteiger partial charge on any atom is 0.142 e. The summed E-state index contributed by atoms with van der Waals surface area (Å²) in [5, 5.41) is 7.44. The van der Waals surface area contributed by atoms with Crippen molar-refractivity contribution in [1.82, 2.24) is 10.2 Å². The molecule has 3 aromatic rings. The van der Waals surface area contributed by atoms with Crippen LogP contribution in [0.1, 0.15) is 18.5 Å². The molecule has 4 rings (SSSR count). The molecule has 27 heavy (non-hydrogen) atoms. The second-order valence-electron chi connectivity index (χ2n) is 6.55. The van der Waals surface area contributed by atoms with Gasteiger partial charge in [0.05, 0.1) is 23.2 Å². The summed E-state index contributed by atoms with van der Waals surface area (Å²) in [4.78, 5) is 0. The number of nitrogen functional groups attached to an aromatic ring is 1. The summed E-state index contributed by atoms with van der Waals surface area (Å²) in [7, 11) is 0. The molecule has 0 saturated carbocycles. The van der Waals surface area contributed by atoms with Gasteiger partial charge in [0.15, 0.2) is 0 Å². The van der Waals surface area contributed by atoms with Crippen LogP contribution in [0.4, 0.5) is 5.69 Å². The molecule has 6 heteroatoms. The second-order valence-corrected chi connectivity index (χ2v) is 6.55. The first-order valence-electron chi connectivity index (χ1n) is 9.15. The number of nitrogens with two attached hydrogens (primary N) is 1. The number of nitrogens with one attached hydrogen (secondary N) is 1. The van der Waals surface area contributed by atoms with E-state index < -0.39 is 0 Å². The minimum Gasteiger partial charge on any atom is -0.490 e. The van der Waals surface area contributed by atoms with E-state index in [4.69, 9.17) is 19.9 Å². The molecule has 1 atom stereocenters. The Kier molecular flexibility index (Phi) is 5.25. The Morgan fingerprint density at radius 1 is 1.07 bits per heavy atom. The number of ether oxygens (including phenoxy) is 3. The van der Waals surface area contributed by atoms with Crippen molar-refractivity contribution in [2.24, 2.45) is 0 Å². The molecule has 1 saturated heterocycles. The number of rotatable bonds is 7. The molecular formula is C21H23N3O3. The van der Waals surface area contributed by atoms with E-state index in [0.717, 1.165) is 42.1 Å². The largest absolute Gasteiger partial charge is 0.490 e. The van der Waals surface area contributed by atoms with Crippen LogP contribution in [-0.2, 0) is 11.3 Å². The van der Waals surface area contributed by atoms with Gasteiger partial charge in [-0.1, -0.05) is 24.3 Å². The van der Waals surface area contributed by atoms with Gasteiger partial charge in [0.25, 0.3) is 0 Å². The number of aromatic nitrogens is 2. The lowest BCUT2D eigenvalue weighted by molar-refractivity contribution is 0.0681. The van der Waals surface area contributed by atoms with E-state index >= 15 is 0 Å². The van der Waals surface area contributed by atoms with Crippen LogP contribution in [0.15, 0.2) is 54.6 Å². The first kappa shape index (κ1) is 17.4. The molecule has 0 spiro atoms. The average molecular weight is 365 g/mol. The van der Waals surface area contributed by atoms with E-state index in [0.29, 0.717) is 24.7 Å². The van der Waals surface area contributed by atoms with E-state index in [2.05, 4.69) is 10.2 Å². The Balaban J connectivity index is 1.44. The summed E-state index contributed by atoms with van der Waals surface area (Å²) in [5.74, 6) is 1.47. The van der Waals surface area contributed by atoms with E-state index in [1.54, 1.807) is 0 Å². The highest BCUT2D eigenvalue weighted by molar-refractivity contribution is 5.67. The summed E-state index contributed by atoms with van der Waals surface area (Å²) in [6, 6.07) is 17.3. The summed E-state index contributed by atoms with van der Waals surface area (Å²) in [6.45, 7) is 1.75. The first-order chi connectivity index (χ1) is 13.3. The quantitative estimate of drug-likeness (QED) is 0.623. The third-order valence-electron chi connectivity index (χ3n) is 4.54. The highest BCUT2D eigenvalue weighted by Crippen LogP contribution is 2.30. The van der Waals surface area contributed by atoms with Gasteiger partial charge in [-0.2, -0.15) is 5.10 Å². The Labute approximate surface area is 158 Å².